The summed E-state index contributed by atoms with van der Waals surface area (Å²) in [5.41, 5.74) is 1.87. The van der Waals surface area contributed by atoms with Crippen LogP contribution in [0, 0.1) is 0 Å². The van der Waals surface area contributed by atoms with Crippen LogP contribution >= 0.6 is 0 Å². The van der Waals surface area contributed by atoms with Crippen LogP contribution in [0.4, 0.5) is 22.1 Å². The molecule has 10 nitrogen and oxygen atoms in total. The Morgan fingerprint density at radius 3 is 2.62 bits per heavy atom. The molecule has 0 aliphatic carbocycles. The minimum atomic E-state index is -0.526. The molecule has 172 valence electrons. The van der Waals surface area contributed by atoms with Gasteiger partial charge >= 0.3 is 6.03 Å². The third-order valence-electron chi connectivity index (χ3n) is 5.30. The molecule has 1 aromatic carbocycles. The molecule has 0 unspecified atom stereocenters. The molecule has 3 aromatic heterocycles. The first-order chi connectivity index (χ1) is 16.2. The van der Waals surface area contributed by atoms with Gasteiger partial charge in [-0.1, -0.05) is 25.9 Å². The Hall–Kier alpha value is -4.47. The molecule has 0 saturated carbocycles. The maximum absolute atomic E-state index is 12.9. The Morgan fingerprint density at radius 2 is 1.85 bits per heavy atom. The van der Waals surface area contributed by atoms with Crippen molar-refractivity contribution in [2.24, 2.45) is 4.99 Å². The van der Waals surface area contributed by atoms with E-state index in [2.05, 4.69) is 25.8 Å². The van der Waals surface area contributed by atoms with E-state index in [0.29, 0.717) is 39.8 Å². The largest absolute Gasteiger partial charge is 0.508 e. The van der Waals surface area contributed by atoms with Gasteiger partial charge in [-0.25, -0.2) is 14.8 Å². The van der Waals surface area contributed by atoms with Gasteiger partial charge in [0, 0.05) is 23.3 Å². The molecule has 34 heavy (non-hydrogen) atoms. The second kappa shape index (κ2) is 7.84. The number of amides is 2. The molecule has 0 bridgehead atoms. The highest BCUT2D eigenvalue weighted by molar-refractivity contribution is 6.47. The summed E-state index contributed by atoms with van der Waals surface area (Å²) < 4.78 is 10.9. The van der Waals surface area contributed by atoms with E-state index in [4.69, 9.17) is 8.94 Å². The third-order valence-corrected chi connectivity index (χ3v) is 5.30. The number of ketones is 1. The number of carbonyl (C=O) groups excluding carboxylic acids is 2. The number of phenolic OH excluding ortho intramolecular Hbond substituents is 1. The highest BCUT2D eigenvalue weighted by atomic mass is 16.5. The van der Waals surface area contributed by atoms with Crippen molar-refractivity contribution in [3.05, 3.63) is 59.7 Å². The Morgan fingerprint density at radius 1 is 1.06 bits per heavy atom. The number of furan rings is 1. The van der Waals surface area contributed by atoms with E-state index in [1.807, 2.05) is 20.8 Å². The highest BCUT2D eigenvalue weighted by Crippen LogP contribution is 2.30. The van der Waals surface area contributed by atoms with E-state index < -0.39 is 6.03 Å². The van der Waals surface area contributed by atoms with Gasteiger partial charge in [-0.2, -0.15) is 0 Å². The molecule has 2 amide bonds. The Labute approximate surface area is 193 Å². The van der Waals surface area contributed by atoms with E-state index in [0.717, 1.165) is 5.56 Å². The molecule has 0 radical (unpaired) electrons. The lowest BCUT2D eigenvalue weighted by Gasteiger charge is -2.12. The third kappa shape index (κ3) is 4.13. The number of anilines is 2. The van der Waals surface area contributed by atoms with Crippen molar-refractivity contribution in [3.8, 4) is 5.75 Å². The second-order valence-electron chi connectivity index (χ2n) is 9.00. The highest BCUT2D eigenvalue weighted by Gasteiger charge is 2.25. The number of fused-ring (bicyclic) bond motifs is 2. The zero-order chi connectivity index (χ0) is 24.0. The monoisotopic (exact) mass is 459 g/mol. The van der Waals surface area contributed by atoms with Gasteiger partial charge in [0.1, 0.15) is 22.9 Å². The predicted molar refractivity (Wildman–Crippen MR) is 125 cm³/mol. The van der Waals surface area contributed by atoms with Crippen LogP contribution in [0.15, 0.2) is 56.5 Å². The lowest BCUT2D eigenvalue weighted by molar-refractivity contribution is 0.104. The molecule has 3 N–H and O–H groups in total. The van der Waals surface area contributed by atoms with Gasteiger partial charge in [-0.05, 0) is 35.9 Å². The van der Waals surface area contributed by atoms with Gasteiger partial charge < -0.3 is 14.0 Å². The van der Waals surface area contributed by atoms with Crippen molar-refractivity contribution in [1.82, 2.24) is 10.1 Å². The molecule has 4 aromatic rings. The molecule has 10 heteroatoms. The number of pyridine rings is 1. The van der Waals surface area contributed by atoms with Crippen molar-refractivity contribution in [2.45, 2.75) is 32.6 Å². The number of benzene rings is 1. The van der Waals surface area contributed by atoms with Crippen LogP contribution in [0.5, 0.6) is 5.75 Å². The van der Waals surface area contributed by atoms with E-state index in [-0.39, 0.29) is 29.1 Å². The van der Waals surface area contributed by atoms with Gasteiger partial charge in [0.15, 0.2) is 11.6 Å². The summed E-state index contributed by atoms with van der Waals surface area (Å²) >= 11 is 0. The first-order valence-corrected chi connectivity index (χ1v) is 10.5. The number of nitrogens with one attached hydrogen (secondary N) is 2. The first-order valence-electron chi connectivity index (χ1n) is 10.5. The number of carbonyl (C=O) groups is 2. The number of urea groups is 1. The molecular weight excluding hydrogens is 438 g/mol. The smallest absolute Gasteiger partial charge is 0.326 e. The Kier molecular flexibility index (Phi) is 4.93. The average Bonchev–Trinajstić information content (AvgIpc) is 3.49. The molecule has 4 heterocycles. The normalized spacial score (nSPS) is 13.0. The maximum Gasteiger partial charge on any atom is 0.326 e. The summed E-state index contributed by atoms with van der Waals surface area (Å²) in [4.78, 5) is 33.8. The van der Waals surface area contributed by atoms with Crippen molar-refractivity contribution >= 4 is 45.8 Å². The second-order valence-corrected chi connectivity index (χ2v) is 9.00. The zero-order valence-corrected chi connectivity index (χ0v) is 18.7. The quantitative estimate of drug-likeness (QED) is 0.365. The number of aliphatic imine (C=N–C) groups is 1. The number of nitrogens with zero attached hydrogens (tertiary/aromatic N) is 3. The average molecular weight is 459 g/mol. The van der Waals surface area contributed by atoms with Crippen LogP contribution < -0.4 is 10.6 Å². The van der Waals surface area contributed by atoms with Crippen molar-refractivity contribution in [2.75, 3.05) is 10.6 Å². The summed E-state index contributed by atoms with van der Waals surface area (Å²) in [6.45, 7) is 5.93. The number of hydrogen-bond acceptors (Lipinski definition) is 8. The number of rotatable bonds is 4. The minimum absolute atomic E-state index is 0.0891. The van der Waals surface area contributed by atoms with E-state index in [9.17, 15) is 14.7 Å². The van der Waals surface area contributed by atoms with E-state index in [1.54, 1.807) is 24.3 Å². The van der Waals surface area contributed by atoms with E-state index in [1.165, 1.54) is 18.3 Å². The standard InChI is InChI=1S/C24H21N5O5/c1-24(2,3)19-10-21(29-34-19)28-23(32)27-20-9-12-7-15(26-16(12)11-25-20)22(31)18-8-13-6-14(30)4-5-17(13)33-18/h4-6,8-11,30H,7H2,1-3H3,(H2,25,27,28,29,32). The fourth-order valence-corrected chi connectivity index (χ4v) is 3.53. The molecule has 0 atom stereocenters. The molecule has 0 saturated heterocycles. The molecule has 0 spiro atoms. The lowest BCUT2D eigenvalue weighted by Crippen LogP contribution is -2.20. The zero-order valence-electron chi connectivity index (χ0n) is 18.7. The number of aromatic hydroxyl groups is 1. The Balaban J connectivity index is 1.26. The Bertz CT molecular complexity index is 1470. The molecule has 1 aliphatic rings. The van der Waals surface area contributed by atoms with Crippen LogP contribution in [0.1, 0.15) is 42.6 Å². The summed E-state index contributed by atoms with van der Waals surface area (Å²) in [7, 11) is 0. The van der Waals surface area contributed by atoms with Crippen molar-refractivity contribution in [3.63, 3.8) is 0 Å². The van der Waals surface area contributed by atoms with Gasteiger partial charge in [0.2, 0.25) is 5.78 Å². The summed E-state index contributed by atoms with van der Waals surface area (Å²) in [6.07, 6.45) is 1.77. The van der Waals surface area contributed by atoms with Crippen molar-refractivity contribution in [1.29, 1.82) is 0 Å². The fraction of sp³-hybridized carbons (Fsp3) is 0.208. The first kappa shape index (κ1) is 21.4. The van der Waals surface area contributed by atoms with Crippen LogP contribution in [0.3, 0.4) is 0 Å². The molecular formula is C24H21N5O5. The van der Waals surface area contributed by atoms with Gasteiger partial charge in [-0.15, -0.1) is 0 Å². The molecule has 1 aliphatic heterocycles. The van der Waals surface area contributed by atoms with Crippen LogP contribution in [0.25, 0.3) is 11.0 Å². The summed E-state index contributed by atoms with van der Waals surface area (Å²) in [6, 6.07) is 9.00. The summed E-state index contributed by atoms with van der Waals surface area (Å²) in [5, 5.41) is 19.3. The van der Waals surface area contributed by atoms with Gasteiger partial charge in [0.25, 0.3) is 0 Å². The van der Waals surface area contributed by atoms with Gasteiger partial charge in [-0.3, -0.25) is 15.4 Å². The summed E-state index contributed by atoms with van der Waals surface area (Å²) in [5.74, 6) is 1.12. The van der Waals surface area contributed by atoms with Crippen LogP contribution in [-0.2, 0) is 11.8 Å². The SMILES string of the molecule is CC(C)(C)c1cc(NC(=O)Nc2cc3c(cn2)N=C(C(=O)c2cc4cc(O)ccc4o2)C3)no1. The fourth-order valence-electron chi connectivity index (χ4n) is 3.53. The van der Waals surface area contributed by atoms with Crippen LogP contribution in [0.2, 0.25) is 0 Å². The van der Waals surface area contributed by atoms with E-state index >= 15 is 0 Å². The van der Waals surface area contributed by atoms with Crippen LogP contribution in [-0.4, -0.2) is 32.8 Å². The van der Waals surface area contributed by atoms with Crippen molar-refractivity contribution < 1.29 is 23.6 Å². The maximum atomic E-state index is 12.9. The molecule has 5 rings (SSSR count). The molecule has 0 fully saturated rings. The predicted octanol–water partition coefficient (Wildman–Crippen LogP) is 4.97. The topological polar surface area (TPSA) is 143 Å². The number of phenols is 1. The number of Topliss-reactive ketones (excluding diaryl/α,β-unsaturated/α-hetero) is 1. The number of aromatic nitrogens is 2. The minimum Gasteiger partial charge on any atom is -0.508 e. The van der Waals surface area contributed by atoms with Gasteiger partial charge in [0.05, 0.1) is 17.6 Å². The number of hydrogen-bond donors (Lipinski definition) is 3. The lowest BCUT2D eigenvalue weighted by atomic mass is 9.93.